The van der Waals surface area contributed by atoms with Gasteiger partial charge in [-0.1, -0.05) is 6.07 Å². The van der Waals surface area contributed by atoms with Gasteiger partial charge < -0.3 is 4.90 Å². The van der Waals surface area contributed by atoms with Crippen LogP contribution < -0.4 is 0 Å². The first kappa shape index (κ1) is 10.9. The summed E-state index contributed by atoms with van der Waals surface area (Å²) in [6.45, 7) is 2.26. The number of thioether (sulfide) groups is 1. The van der Waals surface area contributed by atoms with Crippen LogP contribution in [0, 0.1) is 5.95 Å². The molecule has 15 heavy (non-hydrogen) atoms. The number of likely N-dealkylation sites (tertiary alicyclic amines) is 1. The maximum atomic E-state index is 12.9. The van der Waals surface area contributed by atoms with Crippen LogP contribution >= 0.6 is 11.8 Å². The molecule has 0 amide bonds. The number of pyridine rings is 1. The number of piperidine rings is 1. The Morgan fingerprint density at radius 1 is 1.40 bits per heavy atom. The van der Waals surface area contributed by atoms with Crippen LogP contribution in [0.1, 0.15) is 12.8 Å². The lowest BCUT2D eigenvalue weighted by molar-refractivity contribution is 0.282. The van der Waals surface area contributed by atoms with E-state index >= 15 is 0 Å². The molecule has 82 valence electrons. The van der Waals surface area contributed by atoms with E-state index in [-0.39, 0.29) is 5.95 Å². The Labute approximate surface area is 93.9 Å². The summed E-state index contributed by atoms with van der Waals surface area (Å²) in [5, 5.41) is 1.40. The summed E-state index contributed by atoms with van der Waals surface area (Å²) in [6.07, 6.45) is 2.33. The van der Waals surface area contributed by atoms with Crippen molar-refractivity contribution in [2.45, 2.75) is 23.1 Å². The lowest BCUT2D eigenvalue weighted by Crippen LogP contribution is -2.31. The molecule has 0 bridgehead atoms. The largest absolute Gasteiger partial charge is 0.306 e. The van der Waals surface area contributed by atoms with Gasteiger partial charge in [-0.2, -0.15) is 4.39 Å². The number of rotatable bonds is 2. The predicted molar refractivity (Wildman–Crippen MR) is 60.6 cm³/mol. The maximum Gasteiger partial charge on any atom is 0.213 e. The van der Waals surface area contributed by atoms with Crippen LogP contribution in [-0.2, 0) is 0 Å². The molecular formula is C11H15FN2S. The molecule has 0 radical (unpaired) electrons. The van der Waals surface area contributed by atoms with Crippen molar-refractivity contribution in [1.29, 1.82) is 0 Å². The van der Waals surface area contributed by atoms with Gasteiger partial charge in [-0.15, -0.1) is 11.8 Å². The third kappa shape index (κ3) is 3.18. The molecule has 0 aliphatic carbocycles. The Kier molecular flexibility index (Phi) is 3.59. The van der Waals surface area contributed by atoms with Gasteiger partial charge >= 0.3 is 0 Å². The zero-order chi connectivity index (χ0) is 10.7. The van der Waals surface area contributed by atoms with Crippen LogP contribution in [0.4, 0.5) is 4.39 Å². The Morgan fingerprint density at radius 2 is 2.13 bits per heavy atom. The average Bonchev–Trinajstić information content (AvgIpc) is 2.22. The van der Waals surface area contributed by atoms with E-state index in [1.165, 1.54) is 18.9 Å². The second-order valence-electron chi connectivity index (χ2n) is 3.92. The molecule has 0 N–H and O–H groups in total. The Morgan fingerprint density at radius 3 is 2.80 bits per heavy atom. The zero-order valence-electron chi connectivity index (χ0n) is 8.82. The number of nitrogens with zero attached hydrogens (tertiary/aromatic N) is 2. The van der Waals surface area contributed by atoms with E-state index < -0.39 is 0 Å². The van der Waals surface area contributed by atoms with E-state index in [9.17, 15) is 4.39 Å². The van der Waals surface area contributed by atoms with E-state index in [2.05, 4.69) is 16.9 Å². The molecule has 0 aromatic carbocycles. The first-order valence-corrected chi connectivity index (χ1v) is 6.10. The predicted octanol–water partition coefficient (Wildman–Crippen LogP) is 2.41. The van der Waals surface area contributed by atoms with Gasteiger partial charge in [-0.05, 0) is 45.1 Å². The summed E-state index contributed by atoms with van der Waals surface area (Å²) in [5.74, 6) is -0.382. The number of halogens is 1. The Hall–Kier alpha value is -0.610. The van der Waals surface area contributed by atoms with Gasteiger partial charge in [0, 0.05) is 5.25 Å². The molecule has 0 spiro atoms. The van der Waals surface area contributed by atoms with Crippen LogP contribution in [0.25, 0.3) is 0 Å². The Balaban J connectivity index is 1.92. The molecule has 1 aromatic heterocycles. The van der Waals surface area contributed by atoms with Gasteiger partial charge in [0.1, 0.15) is 0 Å². The quantitative estimate of drug-likeness (QED) is 0.720. The monoisotopic (exact) mass is 226 g/mol. The highest BCUT2D eigenvalue weighted by atomic mass is 32.2. The van der Waals surface area contributed by atoms with Crippen molar-refractivity contribution < 1.29 is 4.39 Å². The normalized spacial score (nSPS) is 19.3. The summed E-state index contributed by atoms with van der Waals surface area (Å²) < 4.78 is 12.9. The van der Waals surface area contributed by atoms with Crippen molar-refractivity contribution in [2.24, 2.45) is 0 Å². The minimum atomic E-state index is -0.382. The number of hydrogen-bond donors (Lipinski definition) is 0. The number of hydrogen-bond acceptors (Lipinski definition) is 3. The minimum absolute atomic E-state index is 0.382. The van der Waals surface area contributed by atoms with Crippen molar-refractivity contribution in [3.05, 3.63) is 24.1 Å². The lowest BCUT2D eigenvalue weighted by atomic mass is 10.1. The molecule has 2 heterocycles. The van der Waals surface area contributed by atoms with Gasteiger partial charge in [-0.3, -0.25) is 0 Å². The molecule has 0 atom stereocenters. The lowest BCUT2D eigenvalue weighted by Gasteiger charge is -2.28. The van der Waals surface area contributed by atoms with E-state index in [0.29, 0.717) is 5.25 Å². The van der Waals surface area contributed by atoms with Crippen LogP contribution in [-0.4, -0.2) is 35.3 Å². The molecule has 1 aromatic rings. The van der Waals surface area contributed by atoms with Crippen LogP contribution in [0.3, 0.4) is 0 Å². The average molecular weight is 226 g/mol. The molecule has 1 saturated heterocycles. The highest BCUT2D eigenvalue weighted by molar-refractivity contribution is 7.99. The van der Waals surface area contributed by atoms with E-state index in [0.717, 1.165) is 18.1 Å². The minimum Gasteiger partial charge on any atom is -0.306 e. The zero-order valence-corrected chi connectivity index (χ0v) is 9.63. The molecule has 4 heteroatoms. The second kappa shape index (κ2) is 4.94. The fourth-order valence-electron chi connectivity index (χ4n) is 1.73. The summed E-state index contributed by atoms with van der Waals surface area (Å²) in [7, 11) is 2.14. The third-order valence-electron chi connectivity index (χ3n) is 2.64. The summed E-state index contributed by atoms with van der Waals surface area (Å²) in [4.78, 5) is 6.20. The van der Waals surface area contributed by atoms with Crippen molar-refractivity contribution in [1.82, 2.24) is 9.88 Å². The Bertz CT molecular complexity index is 324. The van der Waals surface area contributed by atoms with Gasteiger partial charge in [0.05, 0.1) is 5.03 Å². The number of aromatic nitrogens is 1. The van der Waals surface area contributed by atoms with Crippen molar-refractivity contribution >= 4 is 11.8 Å². The molecular weight excluding hydrogens is 211 g/mol. The topological polar surface area (TPSA) is 16.1 Å². The van der Waals surface area contributed by atoms with Crippen molar-refractivity contribution in [3.63, 3.8) is 0 Å². The van der Waals surface area contributed by atoms with Gasteiger partial charge in [0.25, 0.3) is 0 Å². The molecule has 2 rings (SSSR count). The first-order valence-electron chi connectivity index (χ1n) is 5.22. The van der Waals surface area contributed by atoms with Crippen molar-refractivity contribution in [3.8, 4) is 0 Å². The van der Waals surface area contributed by atoms with Crippen LogP contribution in [0.5, 0.6) is 0 Å². The fourth-order valence-corrected chi connectivity index (χ4v) is 2.81. The summed E-state index contributed by atoms with van der Waals surface area (Å²) >= 11 is 1.70. The van der Waals surface area contributed by atoms with Crippen molar-refractivity contribution in [2.75, 3.05) is 20.1 Å². The molecule has 1 aliphatic rings. The first-order chi connectivity index (χ1) is 7.24. The van der Waals surface area contributed by atoms with Gasteiger partial charge in [-0.25, -0.2) is 4.98 Å². The molecule has 1 fully saturated rings. The van der Waals surface area contributed by atoms with Gasteiger partial charge in [0.15, 0.2) is 0 Å². The molecule has 0 unspecified atom stereocenters. The SMILES string of the molecule is CN1CCC(Sc2cccc(F)n2)CC1. The van der Waals surface area contributed by atoms with E-state index in [1.54, 1.807) is 17.8 Å². The molecule has 0 saturated carbocycles. The van der Waals surface area contributed by atoms with Gasteiger partial charge in [0.2, 0.25) is 5.95 Å². The molecule has 1 aliphatic heterocycles. The third-order valence-corrected chi connectivity index (χ3v) is 3.92. The van der Waals surface area contributed by atoms with Crippen LogP contribution in [0.2, 0.25) is 0 Å². The standard InChI is InChI=1S/C11H15FN2S/c1-14-7-5-9(6-8-14)15-11-4-2-3-10(12)13-11/h2-4,9H,5-8H2,1H3. The van der Waals surface area contributed by atoms with E-state index in [1.807, 2.05) is 6.07 Å². The fraction of sp³-hybridized carbons (Fsp3) is 0.545. The molecule has 2 nitrogen and oxygen atoms in total. The van der Waals surface area contributed by atoms with E-state index in [4.69, 9.17) is 0 Å². The highest BCUT2D eigenvalue weighted by Crippen LogP contribution is 2.28. The maximum absolute atomic E-state index is 12.9. The smallest absolute Gasteiger partial charge is 0.213 e. The second-order valence-corrected chi connectivity index (χ2v) is 5.24. The highest BCUT2D eigenvalue weighted by Gasteiger charge is 2.18. The summed E-state index contributed by atoms with van der Waals surface area (Å²) in [6, 6.07) is 4.99. The van der Waals surface area contributed by atoms with Crippen LogP contribution in [0.15, 0.2) is 23.2 Å². The summed E-state index contributed by atoms with van der Waals surface area (Å²) in [5.41, 5.74) is 0.